The summed E-state index contributed by atoms with van der Waals surface area (Å²) < 4.78 is 7.86. The zero-order valence-electron chi connectivity index (χ0n) is 14.7. The number of nitrogens with zero attached hydrogens (tertiary/aromatic N) is 2. The molecule has 0 bridgehead atoms. The van der Waals surface area contributed by atoms with Gasteiger partial charge in [0, 0.05) is 25.9 Å². The summed E-state index contributed by atoms with van der Waals surface area (Å²) in [5.41, 5.74) is 2.28. The smallest absolute Gasteiger partial charge is 0.408 e. The lowest BCUT2D eigenvalue weighted by molar-refractivity contribution is -0.121. The number of aryl methyl sites for hydroxylation is 2. The molecule has 0 unspecified atom stereocenters. The quantitative estimate of drug-likeness (QED) is 0.498. The standard InChI is InChI=1S/C20H19N3O3S/c24-18(11-13-23-15-7-2-3-8-16(15)26-20(23)25)21-12-5-10-19-22-14-6-1-4-9-17(14)27-19/h1-4,6-9H,5,10-13H2,(H,21,24). The highest BCUT2D eigenvalue weighted by atomic mass is 32.1. The van der Waals surface area contributed by atoms with Crippen LogP contribution in [0.4, 0.5) is 0 Å². The van der Waals surface area contributed by atoms with Crippen molar-refractivity contribution in [2.45, 2.75) is 25.8 Å². The Morgan fingerprint density at radius 2 is 1.96 bits per heavy atom. The molecule has 4 aromatic rings. The van der Waals surface area contributed by atoms with E-state index >= 15 is 0 Å². The monoisotopic (exact) mass is 381 g/mol. The number of oxazole rings is 1. The summed E-state index contributed by atoms with van der Waals surface area (Å²) in [5.74, 6) is -0.503. The molecule has 2 heterocycles. The lowest BCUT2D eigenvalue weighted by Crippen LogP contribution is -2.27. The first-order chi connectivity index (χ1) is 13.2. The predicted octanol–water partition coefficient (Wildman–Crippen LogP) is 3.34. The molecule has 0 radical (unpaired) electrons. The molecule has 27 heavy (non-hydrogen) atoms. The lowest BCUT2D eigenvalue weighted by atomic mass is 10.3. The minimum Gasteiger partial charge on any atom is -0.408 e. The molecule has 0 spiro atoms. The number of rotatable bonds is 7. The van der Waals surface area contributed by atoms with Gasteiger partial charge in [-0.05, 0) is 30.7 Å². The Bertz CT molecular complexity index is 1110. The normalized spacial score (nSPS) is 11.3. The van der Waals surface area contributed by atoms with Gasteiger partial charge in [-0.1, -0.05) is 24.3 Å². The van der Waals surface area contributed by atoms with E-state index in [0.29, 0.717) is 24.2 Å². The Labute approximate surface area is 159 Å². The maximum Gasteiger partial charge on any atom is 0.419 e. The van der Waals surface area contributed by atoms with Gasteiger partial charge in [0.25, 0.3) is 0 Å². The van der Waals surface area contributed by atoms with Crippen LogP contribution in [0.2, 0.25) is 0 Å². The van der Waals surface area contributed by atoms with Crippen molar-refractivity contribution < 1.29 is 9.21 Å². The highest BCUT2D eigenvalue weighted by molar-refractivity contribution is 7.18. The van der Waals surface area contributed by atoms with Crippen LogP contribution in [0.15, 0.2) is 57.7 Å². The van der Waals surface area contributed by atoms with E-state index in [1.165, 1.54) is 9.27 Å². The van der Waals surface area contributed by atoms with Crippen molar-refractivity contribution in [3.63, 3.8) is 0 Å². The number of aromatic nitrogens is 2. The summed E-state index contributed by atoms with van der Waals surface area (Å²) in [6, 6.07) is 15.3. The van der Waals surface area contributed by atoms with E-state index in [2.05, 4.69) is 16.4 Å². The molecule has 2 aromatic heterocycles. The molecule has 138 valence electrons. The zero-order valence-corrected chi connectivity index (χ0v) is 15.5. The number of hydrogen-bond acceptors (Lipinski definition) is 5. The van der Waals surface area contributed by atoms with E-state index in [-0.39, 0.29) is 12.3 Å². The van der Waals surface area contributed by atoms with Crippen LogP contribution in [0, 0.1) is 0 Å². The first-order valence-corrected chi connectivity index (χ1v) is 9.72. The third kappa shape index (κ3) is 3.93. The molecule has 0 aliphatic carbocycles. The van der Waals surface area contributed by atoms with E-state index < -0.39 is 5.76 Å². The molecule has 4 rings (SSSR count). The number of fused-ring (bicyclic) bond motifs is 2. The topological polar surface area (TPSA) is 77.1 Å². The third-order valence-corrected chi connectivity index (χ3v) is 5.46. The fourth-order valence-electron chi connectivity index (χ4n) is 3.02. The van der Waals surface area contributed by atoms with Crippen LogP contribution < -0.4 is 11.1 Å². The van der Waals surface area contributed by atoms with Crippen molar-refractivity contribution in [1.29, 1.82) is 0 Å². The average molecular weight is 381 g/mol. The summed E-state index contributed by atoms with van der Waals surface area (Å²) in [6.45, 7) is 0.898. The van der Waals surface area contributed by atoms with Gasteiger partial charge in [-0.25, -0.2) is 9.78 Å². The summed E-state index contributed by atoms with van der Waals surface area (Å²) in [7, 11) is 0. The number of carbonyl (C=O) groups excluding carboxylic acids is 1. The maximum atomic E-state index is 12.1. The van der Waals surface area contributed by atoms with E-state index in [9.17, 15) is 9.59 Å². The molecule has 0 saturated heterocycles. The Kier molecular flexibility index (Phi) is 5.02. The number of thiazole rings is 1. The lowest BCUT2D eigenvalue weighted by Gasteiger charge is -2.05. The van der Waals surface area contributed by atoms with Gasteiger partial charge in [0.1, 0.15) is 0 Å². The van der Waals surface area contributed by atoms with Crippen molar-refractivity contribution >= 4 is 38.6 Å². The second-order valence-corrected chi connectivity index (χ2v) is 7.38. The van der Waals surface area contributed by atoms with Crippen LogP contribution >= 0.6 is 11.3 Å². The Hall–Kier alpha value is -2.93. The van der Waals surface area contributed by atoms with E-state index in [1.807, 2.05) is 36.4 Å². The number of amides is 1. The van der Waals surface area contributed by atoms with E-state index in [4.69, 9.17) is 4.42 Å². The van der Waals surface area contributed by atoms with Gasteiger partial charge in [0.15, 0.2) is 5.58 Å². The zero-order chi connectivity index (χ0) is 18.6. The molecule has 0 atom stereocenters. The van der Waals surface area contributed by atoms with Crippen LogP contribution in [0.5, 0.6) is 0 Å². The maximum absolute atomic E-state index is 12.1. The number of hydrogen-bond donors (Lipinski definition) is 1. The molecule has 0 saturated carbocycles. The number of para-hydroxylation sites is 3. The second-order valence-electron chi connectivity index (χ2n) is 6.27. The van der Waals surface area contributed by atoms with Crippen LogP contribution in [0.25, 0.3) is 21.3 Å². The Balaban J connectivity index is 1.25. The number of nitrogens with one attached hydrogen (secondary N) is 1. The van der Waals surface area contributed by atoms with Gasteiger partial charge >= 0.3 is 5.76 Å². The summed E-state index contributed by atoms with van der Waals surface area (Å²) in [6.07, 6.45) is 1.91. The molecule has 1 amide bonds. The minimum absolute atomic E-state index is 0.0727. The Morgan fingerprint density at radius 3 is 2.85 bits per heavy atom. The fraction of sp³-hybridized carbons (Fsp3) is 0.250. The highest BCUT2D eigenvalue weighted by Crippen LogP contribution is 2.22. The average Bonchev–Trinajstić information content (AvgIpc) is 3.23. The van der Waals surface area contributed by atoms with Gasteiger partial charge in [-0.2, -0.15) is 0 Å². The SMILES string of the molecule is O=C(CCn1c(=O)oc2ccccc21)NCCCc1nc2ccccc2s1. The van der Waals surface area contributed by atoms with Crippen molar-refractivity contribution in [3.05, 3.63) is 64.1 Å². The third-order valence-electron chi connectivity index (χ3n) is 4.36. The van der Waals surface area contributed by atoms with Gasteiger partial charge in [-0.3, -0.25) is 9.36 Å². The van der Waals surface area contributed by atoms with Crippen molar-refractivity contribution in [1.82, 2.24) is 14.9 Å². The largest absolute Gasteiger partial charge is 0.419 e. The van der Waals surface area contributed by atoms with Crippen molar-refractivity contribution in [3.8, 4) is 0 Å². The number of benzene rings is 2. The molecule has 7 heteroatoms. The summed E-state index contributed by atoms with van der Waals surface area (Å²) in [4.78, 5) is 28.6. The second kappa shape index (κ2) is 7.75. The first kappa shape index (κ1) is 17.5. The van der Waals surface area contributed by atoms with Crippen LogP contribution in [0.1, 0.15) is 17.8 Å². The van der Waals surface area contributed by atoms with Gasteiger partial charge < -0.3 is 9.73 Å². The van der Waals surface area contributed by atoms with Crippen LogP contribution in [-0.4, -0.2) is 22.0 Å². The minimum atomic E-state index is -0.431. The predicted molar refractivity (Wildman–Crippen MR) is 106 cm³/mol. The van der Waals surface area contributed by atoms with Crippen LogP contribution in [-0.2, 0) is 17.8 Å². The molecule has 0 fully saturated rings. The van der Waals surface area contributed by atoms with Crippen molar-refractivity contribution in [2.24, 2.45) is 0 Å². The van der Waals surface area contributed by atoms with Crippen LogP contribution in [0.3, 0.4) is 0 Å². The van der Waals surface area contributed by atoms with Crippen molar-refractivity contribution in [2.75, 3.05) is 6.54 Å². The van der Waals surface area contributed by atoms with Gasteiger partial charge in [0.2, 0.25) is 5.91 Å². The molecular formula is C20H19N3O3S. The molecule has 0 aliphatic heterocycles. The van der Waals surface area contributed by atoms with Gasteiger partial charge in [-0.15, -0.1) is 11.3 Å². The first-order valence-electron chi connectivity index (χ1n) is 8.90. The molecule has 1 N–H and O–H groups in total. The van der Waals surface area contributed by atoms with E-state index in [1.54, 1.807) is 17.4 Å². The molecular weight excluding hydrogens is 362 g/mol. The highest BCUT2D eigenvalue weighted by Gasteiger charge is 2.10. The summed E-state index contributed by atoms with van der Waals surface area (Å²) >= 11 is 1.70. The van der Waals surface area contributed by atoms with E-state index in [0.717, 1.165) is 23.4 Å². The Morgan fingerprint density at radius 1 is 1.15 bits per heavy atom. The molecule has 0 aliphatic rings. The van der Waals surface area contributed by atoms with Gasteiger partial charge in [0.05, 0.1) is 20.7 Å². The fourth-order valence-corrected chi connectivity index (χ4v) is 4.03. The summed E-state index contributed by atoms with van der Waals surface area (Å²) in [5, 5.41) is 3.99. The molecule has 2 aromatic carbocycles. The number of carbonyl (C=O) groups is 1. The molecule has 6 nitrogen and oxygen atoms in total.